The number of carbonyl (C=O) groups is 4. The van der Waals surface area contributed by atoms with E-state index in [0.29, 0.717) is 38.8 Å². The van der Waals surface area contributed by atoms with Crippen LogP contribution in [0.15, 0.2) is 0 Å². The smallest absolute Gasteiger partial charge is 0.310 e. The molecule has 0 N–H and O–H groups in total. The van der Waals surface area contributed by atoms with E-state index >= 15 is 0 Å². The van der Waals surface area contributed by atoms with E-state index in [2.05, 4.69) is 13.8 Å². The molecular weight excluding hydrogens is 584 g/mol. The van der Waals surface area contributed by atoms with Crippen molar-refractivity contribution in [1.82, 2.24) is 0 Å². The van der Waals surface area contributed by atoms with E-state index in [9.17, 15) is 19.2 Å². The summed E-state index contributed by atoms with van der Waals surface area (Å²) in [6.07, 6.45) is 0.635. The quantitative estimate of drug-likeness (QED) is 0.107. The minimum Gasteiger partial charge on any atom is -0.465 e. The largest absolute Gasteiger partial charge is 0.465 e. The van der Waals surface area contributed by atoms with Gasteiger partial charge >= 0.3 is 23.9 Å². The zero-order chi connectivity index (χ0) is 36.5. The van der Waals surface area contributed by atoms with Crippen molar-refractivity contribution in [1.29, 1.82) is 0 Å². The molecule has 0 heterocycles. The van der Waals surface area contributed by atoms with Crippen LogP contribution in [0.5, 0.6) is 0 Å². The van der Waals surface area contributed by atoms with E-state index in [1.54, 1.807) is 0 Å². The molecule has 46 heavy (non-hydrogen) atoms. The van der Waals surface area contributed by atoms with Gasteiger partial charge in [0.15, 0.2) is 0 Å². The summed E-state index contributed by atoms with van der Waals surface area (Å²) < 4.78 is 21.7. The predicted molar refractivity (Wildman–Crippen MR) is 186 cm³/mol. The van der Waals surface area contributed by atoms with Gasteiger partial charge in [0.05, 0.1) is 50.1 Å². The highest BCUT2D eigenvalue weighted by atomic mass is 16.5. The Morgan fingerprint density at radius 3 is 1.02 bits per heavy atom. The minimum absolute atomic E-state index is 0.00508. The fourth-order valence-electron chi connectivity index (χ4n) is 5.01. The zero-order valence-electron chi connectivity index (χ0n) is 32.7. The molecule has 0 amide bonds. The second kappa shape index (κ2) is 22.4. The van der Waals surface area contributed by atoms with Gasteiger partial charge in [-0.2, -0.15) is 0 Å². The lowest BCUT2D eigenvalue weighted by atomic mass is 9.69. The number of ether oxygens (including phenoxy) is 4. The van der Waals surface area contributed by atoms with Gasteiger partial charge in [-0.1, -0.05) is 118 Å². The Balaban J connectivity index is 0. The van der Waals surface area contributed by atoms with Crippen molar-refractivity contribution in [3.8, 4) is 0 Å². The van der Waals surface area contributed by atoms with Crippen molar-refractivity contribution < 1.29 is 38.1 Å². The van der Waals surface area contributed by atoms with Gasteiger partial charge in [0.25, 0.3) is 0 Å². The third kappa shape index (κ3) is 19.5. The van der Waals surface area contributed by atoms with Crippen molar-refractivity contribution in [2.75, 3.05) is 26.4 Å². The number of hydrogen-bond acceptors (Lipinski definition) is 8. The van der Waals surface area contributed by atoms with Crippen molar-refractivity contribution in [2.24, 2.45) is 70.5 Å². The Morgan fingerprint density at radius 1 is 0.435 bits per heavy atom. The van der Waals surface area contributed by atoms with Crippen LogP contribution in [0.1, 0.15) is 124 Å². The average molecular weight is 657 g/mol. The van der Waals surface area contributed by atoms with E-state index in [0.717, 1.165) is 0 Å². The Bertz CT molecular complexity index is 880. The fourth-order valence-corrected chi connectivity index (χ4v) is 5.01. The minimum atomic E-state index is -0.513. The normalized spacial score (nSPS) is 14.7. The molecule has 0 fully saturated rings. The lowest BCUT2D eigenvalue weighted by Crippen LogP contribution is -2.43. The highest BCUT2D eigenvalue weighted by molar-refractivity contribution is 5.83. The van der Waals surface area contributed by atoms with Crippen molar-refractivity contribution in [3.63, 3.8) is 0 Å². The van der Waals surface area contributed by atoms with Crippen LogP contribution in [0.2, 0.25) is 0 Å². The summed E-state index contributed by atoms with van der Waals surface area (Å²) in [5.41, 5.74) is -0.375. The van der Waals surface area contributed by atoms with E-state index in [4.69, 9.17) is 18.9 Å². The molecule has 272 valence electrons. The van der Waals surface area contributed by atoms with Crippen LogP contribution in [-0.4, -0.2) is 50.3 Å². The summed E-state index contributed by atoms with van der Waals surface area (Å²) in [5, 5.41) is 0. The van der Waals surface area contributed by atoms with Gasteiger partial charge in [-0.25, -0.2) is 0 Å². The van der Waals surface area contributed by atoms with Crippen molar-refractivity contribution >= 4 is 23.9 Å². The molecule has 4 unspecified atom stereocenters. The van der Waals surface area contributed by atoms with Crippen molar-refractivity contribution in [3.05, 3.63) is 0 Å². The SMILES string of the molecule is CC(C)COC(=O)C(C(C)C)C(C(=O)OCC(C)C)C(C)(C)C.CC(C)COC(=O)C(CC(C)C)C(C(=O)OCC(C)C)C(C)C. The molecule has 0 aliphatic carbocycles. The molecule has 0 aromatic heterocycles. The summed E-state index contributed by atoms with van der Waals surface area (Å²) in [4.78, 5) is 50.3. The maximum atomic E-state index is 12.7. The van der Waals surface area contributed by atoms with Gasteiger partial charge in [0, 0.05) is 0 Å². The summed E-state index contributed by atoms with van der Waals surface area (Å²) >= 11 is 0. The predicted octanol–water partition coefficient (Wildman–Crippen LogP) is 8.64. The molecule has 0 bridgehead atoms. The molecule has 8 heteroatoms. The van der Waals surface area contributed by atoms with E-state index < -0.39 is 23.7 Å². The van der Waals surface area contributed by atoms with E-state index in [-0.39, 0.29) is 64.8 Å². The first kappa shape index (κ1) is 46.0. The third-order valence-electron chi connectivity index (χ3n) is 7.22. The monoisotopic (exact) mass is 657 g/mol. The summed E-state index contributed by atoms with van der Waals surface area (Å²) in [5.74, 6) is -1.58. The molecule has 0 rings (SSSR count). The maximum absolute atomic E-state index is 12.7. The molecule has 0 saturated heterocycles. The molecule has 0 saturated carbocycles. The first-order chi connectivity index (χ1) is 20.9. The molecule has 8 nitrogen and oxygen atoms in total. The standard InChI is InChI=1S/2C19H36O4/c1-12(2)10-22-17(20)15(14(5)6)16(19(7,8)9)18(21)23-11-13(3)4;1-12(2)9-16(18(20)22-10-13(3)4)17(15(7)8)19(21)23-11-14(5)6/h12-16H,10-11H2,1-9H3;12-17H,9-11H2,1-8H3. The van der Waals surface area contributed by atoms with Crippen LogP contribution >= 0.6 is 0 Å². The lowest BCUT2D eigenvalue weighted by Gasteiger charge is -2.36. The molecule has 0 radical (unpaired) electrons. The van der Waals surface area contributed by atoms with Gasteiger partial charge in [0.1, 0.15) is 0 Å². The third-order valence-corrected chi connectivity index (χ3v) is 7.22. The van der Waals surface area contributed by atoms with Crippen LogP contribution in [0, 0.1) is 70.5 Å². The number of rotatable bonds is 18. The molecular formula is C38H72O8. The first-order valence-electron chi connectivity index (χ1n) is 17.6. The Morgan fingerprint density at radius 2 is 0.739 bits per heavy atom. The number of hydrogen-bond donors (Lipinski definition) is 0. The Kier molecular flexibility index (Phi) is 22.4. The highest BCUT2D eigenvalue weighted by Crippen LogP contribution is 2.38. The van der Waals surface area contributed by atoms with E-state index in [1.165, 1.54) is 0 Å². The topological polar surface area (TPSA) is 105 Å². The first-order valence-corrected chi connectivity index (χ1v) is 17.6. The summed E-state index contributed by atoms with van der Waals surface area (Å²) in [6, 6.07) is 0. The van der Waals surface area contributed by atoms with Gasteiger partial charge in [0.2, 0.25) is 0 Å². The van der Waals surface area contributed by atoms with Crippen LogP contribution in [0.25, 0.3) is 0 Å². The molecule has 0 aromatic rings. The van der Waals surface area contributed by atoms with Crippen LogP contribution in [-0.2, 0) is 38.1 Å². The number of carbonyl (C=O) groups excluding carboxylic acids is 4. The number of esters is 4. The van der Waals surface area contributed by atoms with E-state index in [1.807, 2.05) is 104 Å². The van der Waals surface area contributed by atoms with Crippen LogP contribution in [0.3, 0.4) is 0 Å². The Labute approximate surface area is 282 Å². The van der Waals surface area contributed by atoms with Gasteiger partial charge in [-0.15, -0.1) is 0 Å². The molecule has 4 atom stereocenters. The maximum Gasteiger partial charge on any atom is 0.310 e. The average Bonchev–Trinajstić information content (AvgIpc) is 2.89. The zero-order valence-corrected chi connectivity index (χ0v) is 32.7. The van der Waals surface area contributed by atoms with Gasteiger partial charge < -0.3 is 18.9 Å². The van der Waals surface area contributed by atoms with Gasteiger partial charge in [-0.05, 0) is 53.3 Å². The lowest BCUT2D eigenvalue weighted by molar-refractivity contribution is -0.169. The second-order valence-corrected chi connectivity index (χ2v) is 16.7. The molecule has 0 aliphatic heterocycles. The Hall–Kier alpha value is -2.12. The van der Waals surface area contributed by atoms with Gasteiger partial charge in [-0.3, -0.25) is 19.2 Å². The highest BCUT2D eigenvalue weighted by Gasteiger charge is 2.45. The second-order valence-electron chi connectivity index (χ2n) is 16.7. The molecule has 0 spiro atoms. The van der Waals surface area contributed by atoms with Crippen LogP contribution in [0.4, 0.5) is 0 Å². The summed E-state index contributed by atoms with van der Waals surface area (Å²) in [7, 11) is 0. The summed E-state index contributed by atoms with van der Waals surface area (Å²) in [6.45, 7) is 35.4. The van der Waals surface area contributed by atoms with Crippen LogP contribution < -0.4 is 0 Å². The fraction of sp³-hybridized carbons (Fsp3) is 0.895. The molecule has 0 aliphatic rings. The van der Waals surface area contributed by atoms with Crippen molar-refractivity contribution in [2.45, 2.75) is 124 Å². The molecule has 0 aromatic carbocycles.